The van der Waals surface area contributed by atoms with E-state index in [4.69, 9.17) is 4.42 Å². The Labute approximate surface area is 171 Å². The third-order valence-corrected chi connectivity index (χ3v) is 5.14. The van der Waals surface area contributed by atoms with E-state index in [1.807, 2.05) is 17.0 Å². The average Bonchev–Trinajstić information content (AvgIpc) is 3.46. The Balaban J connectivity index is 1.36. The topological polar surface area (TPSA) is 116 Å². The number of anilines is 3. The Kier molecular flexibility index (Phi) is 4.51. The van der Waals surface area contributed by atoms with E-state index < -0.39 is 0 Å². The van der Waals surface area contributed by atoms with Gasteiger partial charge in [-0.25, -0.2) is 15.0 Å². The van der Waals surface area contributed by atoms with Crippen molar-refractivity contribution in [1.29, 1.82) is 0 Å². The molecule has 1 saturated heterocycles. The molecule has 10 nitrogen and oxygen atoms in total. The molecule has 10 heteroatoms. The van der Waals surface area contributed by atoms with Gasteiger partial charge in [-0.05, 0) is 24.3 Å². The summed E-state index contributed by atoms with van der Waals surface area (Å²) in [5.41, 5.74) is 3.38. The first-order valence-corrected chi connectivity index (χ1v) is 9.66. The summed E-state index contributed by atoms with van der Waals surface area (Å²) in [4.78, 5) is 28.8. The van der Waals surface area contributed by atoms with Crippen LogP contribution in [0.1, 0.15) is 6.92 Å². The van der Waals surface area contributed by atoms with Crippen LogP contribution in [0.5, 0.6) is 0 Å². The minimum absolute atomic E-state index is 0.133. The molecule has 5 rings (SSSR count). The van der Waals surface area contributed by atoms with Crippen LogP contribution in [0.25, 0.3) is 22.7 Å². The minimum atomic E-state index is 0.133. The molecule has 4 heterocycles. The number of hydrogen-bond acceptors (Lipinski definition) is 8. The van der Waals surface area contributed by atoms with Gasteiger partial charge in [0.15, 0.2) is 5.82 Å². The van der Waals surface area contributed by atoms with Crippen molar-refractivity contribution in [2.24, 2.45) is 0 Å². The predicted molar refractivity (Wildman–Crippen MR) is 111 cm³/mol. The van der Waals surface area contributed by atoms with Crippen molar-refractivity contribution in [3.05, 3.63) is 42.9 Å². The highest BCUT2D eigenvalue weighted by atomic mass is 16.3. The van der Waals surface area contributed by atoms with Crippen molar-refractivity contribution in [2.45, 2.75) is 6.92 Å². The molecule has 1 aliphatic heterocycles. The molecular weight excluding hydrogens is 384 g/mol. The van der Waals surface area contributed by atoms with Crippen LogP contribution in [0.2, 0.25) is 0 Å². The molecule has 0 spiro atoms. The van der Waals surface area contributed by atoms with Gasteiger partial charge >= 0.3 is 0 Å². The lowest BCUT2D eigenvalue weighted by atomic mass is 10.2. The molecule has 3 aromatic heterocycles. The first kappa shape index (κ1) is 18.1. The summed E-state index contributed by atoms with van der Waals surface area (Å²) in [6, 6.07) is 8.13. The van der Waals surface area contributed by atoms with E-state index in [1.54, 1.807) is 19.3 Å². The summed E-state index contributed by atoms with van der Waals surface area (Å²) < 4.78 is 5.33. The highest BCUT2D eigenvalue weighted by Crippen LogP contribution is 2.26. The number of aromatic amines is 1. The molecular formula is C20H20N8O2. The number of aromatic nitrogens is 5. The van der Waals surface area contributed by atoms with Gasteiger partial charge in [-0.1, -0.05) is 0 Å². The minimum Gasteiger partial charge on any atom is -0.442 e. The molecule has 0 saturated carbocycles. The smallest absolute Gasteiger partial charge is 0.264 e. The van der Waals surface area contributed by atoms with Crippen LogP contribution in [0.15, 0.2) is 47.3 Å². The molecule has 0 radical (unpaired) electrons. The fourth-order valence-electron chi connectivity index (χ4n) is 3.53. The highest BCUT2D eigenvalue weighted by Gasteiger charge is 2.19. The van der Waals surface area contributed by atoms with Gasteiger partial charge in [0.25, 0.3) is 5.89 Å². The van der Waals surface area contributed by atoms with E-state index in [2.05, 4.69) is 47.5 Å². The summed E-state index contributed by atoms with van der Waals surface area (Å²) >= 11 is 0. The molecule has 1 amide bonds. The Morgan fingerprint density at radius 2 is 1.93 bits per heavy atom. The SMILES string of the molecule is CC(=O)N1CCN(c2ccc(Nc3nc(-c4ncco4)nc4cn[nH]c34)cc2)CC1. The number of benzene rings is 1. The van der Waals surface area contributed by atoms with Crippen molar-refractivity contribution < 1.29 is 9.21 Å². The van der Waals surface area contributed by atoms with E-state index in [-0.39, 0.29) is 5.91 Å². The Morgan fingerprint density at radius 3 is 2.63 bits per heavy atom. The largest absolute Gasteiger partial charge is 0.442 e. The van der Waals surface area contributed by atoms with Crippen molar-refractivity contribution in [3.63, 3.8) is 0 Å². The number of carbonyl (C=O) groups is 1. The first-order valence-electron chi connectivity index (χ1n) is 9.66. The monoisotopic (exact) mass is 404 g/mol. The maximum atomic E-state index is 11.5. The van der Waals surface area contributed by atoms with Crippen LogP contribution in [0.4, 0.5) is 17.2 Å². The van der Waals surface area contributed by atoms with Gasteiger partial charge in [0.2, 0.25) is 11.7 Å². The van der Waals surface area contributed by atoms with Crippen LogP contribution in [0, 0.1) is 0 Å². The average molecular weight is 404 g/mol. The third kappa shape index (κ3) is 3.43. The van der Waals surface area contributed by atoms with Gasteiger partial charge in [-0.2, -0.15) is 5.10 Å². The lowest BCUT2D eigenvalue weighted by Gasteiger charge is -2.35. The molecule has 30 heavy (non-hydrogen) atoms. The number of carbonyl (C=O) groups excluding carboxylic acids is 1. The number of hydrogen-bond donors (Lipinski definition) is 2. The second-order valence-electron chi connectivity index (χ2n) is 7.03. The van der Waals surface area contributed by atoms with Gasteiger partial charge in [0.05, 0.1) is 12.4 Å². The van der Waals surface area contributed by atoms with Gasteiger partial charge < -0.3 is 19.5 Å². The fourth-order valence-corrected chi connectivity index (χ4v) is 3.53. The van der Waals surface area contributed by atoms with Gasteiger partial charge in [-0.3, -0.25) is 9.89 Å². The maximum absolute atomic E-state index is 11.5. The zero-order valence-electron chi connectivity index (χ0n) is 16.4. The van der Waals surface area contributed by atoms with Gasteiger partial charge in [-0.15, -0.1) is 0 Å². The number of rotatable bonds is 4. The maximum Gasteiger partial charge on any atom is 0.264 e. The van der Waals surface area contributed by atoms with Crippen LogP contribution < -0.4 is 10.2 Å². The Hall–Kier alpha value is -3.95. The van der Waals surface area contributed by atoms with Crippen molar-refractivity contribution in [1.82, 2.24) is 30.0 Å². The second-order valence-corrected chi connectivity index (χ2v) is 7.03. The van der Waals surface area contributed by atoms with E-state index in [1.165, 1.54) is 6.26 Å². The second kappa shape index (κ2) is 7.47. The quantitative estimate of drug-likeness (QED) is 0.533. The Bertz CT molecular complexity index is 1160. The predicted octanol–water partition coefficient (Wildman–Crippen LogP) is 2.42. The Morgan fingerprint density at radius 1 is 1.13 bits per heavy atom. The number of nitrogens with zero attached hydrogens (tertiary/aromatic N) is 6. The van der Waals surface area contributed by atoms with Crippen LogP contribution in [0.3, 0.4) is 0 Å². The molecule has 0 atom stereocenters. The summed E-state index contributed by atoms with van der Waals surface area (Å²) in [6.45, 7) is 4.77. The summed E-state index contributed by atoms with van der Waals surface area (Å²) in [5, 5.41) is 10.3. The summed E-state index contributed by atoms with van der Waals surface area (Å²) in [6.07, 6.45) is 4.68. The molecule has 1 aromatic carbocycles. The summed E-state index contributed by atoms with van der Waals surface area (Å²) in [5.74, 6) is 1.46. The van der Waals surface area contributed by atoms with E-state index in [0.717, 1.165) is 37.6 Å². The number of nitrogens with one attached hydrogen (secondary N) is 2. The number of amides is 1. The van der Waals surface area contributed by atoms with E-state index in [0.29, 0.717) is 28.6 Å². The number of H-pyrrole nitrogens is 1. The summed E-state index contributed by atoms with van der Waals surface area (Å²) in [7, 11) is 0. The van der Waals surface area contributed by atoms with Crippen LogP contribution >= 0.6 is 0 Å². The zero-order valence-corrected chi connectivity index (χ0v) is 16.4. The number of fused-ring (bicyclic) bond motifs is 1. The van der Waals surface area contributed by atoms with Crippen molar-refractivity contribution in [2.75, 3.05) is 36.4 Å². The first-order chi connectivity index (χ1) is 14.7. The molecule has 1 fully saturated rings. The van der Waals surface area contributed by atoms with Gasteiger partial charge in [0, 0.05) is 44.5 Å². The molecule has 152 valence electrons. The standard InChI is InChI=1S/C20H20N8O2/c1-13(29)27-7-9-28(10-8-27)15-4-2-14(3-5-15)23-18-17-16(12-22-26-17)24-19(25-18)20-21-6-11-30-20/h2-6,11-12H,7-10H2,1H3,(H,22,26)(H,23,24,25). The number of oxazole rings is 1. The number of piperazine rings is 1. The highest BCUT2D eigenvalue weighted by molar-refractivity contribution is 5.88. The van der Waals surface area contributed by atoms with Gasteiger partial charge in [0.1, 0.15) is 17.3 Å². The molecule has 4 aromatic rings. The third-order valence-electron chi connectivity index (χ3n) is 5.14. The normalized spacial score (nSPS) is 14.3. The molecule has 0 bridgehead atoms. The molecule has 2 N–H and O–H groups in total. The van der Waals surface area contributed by atoms with Crippen molar-refractivity contribution >= 4 is 34.1 Å². The fraction of sp³-hybridized carbons (Fsp3) is 0.250. The molecule has 0 aliphatic carbocycles. The molecule has 0 unspecified atom stereocenters. The zero-order chi connectivity index (χ0) is 20.5. The molecule has 1 aliphatic rings. The van der Waals surface area contributed by atoms with Crippen LogP contribution in [-0.4, -0.2) is 62.1 Å². The van der Waals surface area contributed by atoms with Crippen LogP contribution in [-0.2, 0) is 4.79 Å². The lowest BCUT2D eigenvalue weighted by molar-refractivity contribution is -0.129. The van der Waals surface area contributed by atoms with E-state index in [9.17, 15) is 4.79 Å². The van der Waals surface area contributed by atoms with E-state index >= 15 is 0 Å². The van der Waals surface area contributed by atoms with Crippen molar-refractivity contribution in [3.8, 4) is 11.7 Å². The lowest BCUT2D eigenvalue weighted by Crippen LogP contribution is -2.48.